The maximum absolute atomic E-state index is 11.3. The fourth-order valence-corrected chi connectivity index (χ4v) is 4.34. The Morgan fingerprint density at radius 3 is 2.39 bits per heavy atom. The monoisotopic (exact) mass is 402 g/mol. The van der Waals surface area contributed by atoms with Crippen molar-refractivity contribution < 1.29 is 24.1 Å². The summed E-state index contributed by atoms with van der Waals surface area (Å²) in [6, 6.07) is 19.9. The predicted octanol–water partition coefficient (Wildman–Crippen LogP) is 3.54. The van der Waals surface area contributed by atoms with E-state index in [1.165, 1.54) is 12.5 Å². The number of thioether (sulfide) groups is 1. The van der Waals surface area contributed by atoms with Gasteiger partial charge in [-0.05, 0) is 17.5 Å². The standard InChI is InChI=1S/C22H26O5S/c1-16(23)25-14-20-21(28-15-18-10-6-3-7-11-18)12-19(24)22(27-20)26-13-17-8-4-2-5-9-17/h2-11,19-22,24H,12-15H2,1H3/t19-,20-,21-,22+/m1/s1. The van der Waals surface area contributed by atoms with Crippen molar-refractivity contribution in [1.29, 1.82) is 0 Å². The van der Waals surface area contributed by atoms with E-state index in [4.69, 9.17) is 14.2 Å². The molecule has 0 saturated carbocycles. The van der Waals surface area contributed by atoms with E-state index in [-0.39, 0.29) is 23.9 Å². The van der Waals surface area contributed by atoms with E-state index in [1.54, 1.807) is 11.8 Å². The maximum atomic E-state index is 11.3. The van der Waals surface area contributed by atoms with Crippen molar-refractivity contribution in [2.24, 2.45) is 0 Å². The molecule has 0 spiro atoms. The van der Waals surface area contributed by atoms with Crippen molar-refractivity contribution >= 4 is 17.7 Å². The molecule has 28 heavy (non-hydrogen) atoms. The Labute approximate surface area is 170 Å². The third-order valence-electron chi connectivity index (χ3n) is 4.53. The van der Waals surface area contributed by atoms with Crippen LogP contribution in [0.4, 0.5) is 0 Å². The summed E-state index contributed by atoms with van der Waals surface area (Å²) in [5.74, 6) is 0.455. The SMILES string of the molecule is CC(=O)OC[C@H]1O[C@H](OCc2ccccc2)[C@H](O)C[C@H]1SCc1ccccc1. The molecule has 1 N–H and O–H groups in total. The molecule has 1 saturated heterocycles. The Morgan fingerprint density at radius 2 is 1.75 bits per heavy atom. The van der Waals surface area contributed by atoms with Gasteiger partial charge in [-0.2, -0.15) is 11.8 Å². The van der Waals surface area contributed by atoms with Crippen LogP contribution in [0.5, 0.6) is 0 Å². The Balaban J connectivity index is 1.59. The number of carbonyl (C=O) groups is 1. The molecule has 1 aliphatic rings. The molecule has 2 aromatic carbocycles. The summed E-state index contributed by atoms with van der Waals surface area (Å²) in [7, 11) is 0. The van der Waals surface area contributed by atoms with Gasteiger partial charge in [0.25, 0.3) is 0 Å². The summed E-state index contributed by atoms with van der Waals surface area (Å²) >= 11 is 1.70. The zero-order chi connectivity index (χ0) is 19.8. The number of rotatable bonds is 8. The lowest BCUT2D eigenvalue weighted by atomic mass is 10.1. The number of hydrogen-bond donors (Lipinski definition) is 1. The van der Waals surface area contributed by atoms with Crippen molar-refractivity contribution in [3.05, 3.63) is 71.8 Å². The van der Waals surface area contributed by atoms with Crippen LogP contribution in [0.25, 0.3) is 0 Å². The van der Waals surface area contributed by atoms with Gasteiger partial charge in [-0.25, -0.2) is 0 Å². The maximum Gasteiger partial charge on any atom is 0.302 e. The summed E-state index contributed by atoms with van der Waals surface area (Å²) in [5, 5.41) is 10.5. The minimum absolute atomic E-state index is 0.00568. The van der Waals surface area contributed by atoms with E-state index in [1.807, 2.05) is 48.5 Å². The van der Waals surface area contributed by atoms with Crippen LogP contribution in [-0.2, 0) is 31.4 Å². The van der Waals surface area contributed by atoms with E-state index in [0.717, 1.165) is 11.3 Å². The summed E-state index contributed by atoms with van der Waals surface area (Å²) in [5.41, 5.74) is 2.21. The smallest absolute Gasteiger partial charge is 0.302 e. The van der Waals surface area contributed by atoms with Gasteiger partial charge in [0.2, 0.25) is 0 Å². The van der Waals surface area contributed by atoms with Crippen molar-refractivity contribution in [2.45, 2.75) is 49.5 Å². The first-order valence-corrected chi connectivity index (χ1v) is 10.4. The number of carbonyl (C=O) groups excluding carboxylic acids is 1. The second kappa shape index (κ2) is 10.6. The zero-order valence-corrected chi connectivity index (χ0v) is 16.7. The van der Waals surface area contributed by atoms with Crippen molar-refractivity contribution in [3.8, 4) is 0 Å². The highest BCUT2D eigenvalue weighted by Gasteiger charge is 2.38. The first-order chi connectivity index (χ1) is 13.6. The largest absolute Gasteiger partial charge is 0.463 e. The fourth-order valence-electron chi connectivity index (χ4n) is 3.05. The van der Waals surface area contributed by atoms with Crippen LogP contribution in [0, 0.1) is 0 Å². The molecule has 0 aromatic heterocycles. The van der Waals surface area contributed by atoms with E-state index in [0.29, 0.717) is 13.0 Å². The number of ether oxygens (including phenoxy) is 3. The number of hydrogen-bond acceptors (Lipinski definition) is 6. The highest BCUT2D eigenvalue weighted by atomic mass is 32.2. The summed E-state index contributed by atoms with van der Waals surface area (Å²) in [6.07, 6.45) is -1.29. The van der Waals surface area contributed by atoms with Gasteiger partial charge in [-0.15, -0.1) is 0 Å². The van der Waals surface area contributed by atoms with Crippen LogP contribution in [0.15, 0.2) is 60.7 Å². The second-order valence-electron chi connectivity index (χ2n) is 6.78. The van der Waals surface area contributed by atoms with E-state index >= 15 is 0 Å². The van der Waals surface area contributed by atoms with Crippen LogP contribution in [0.3, 0.4) is 0 Å². The lowest BCUT2D eigenvalue weighted by molar-refractivity contribution is -0.248. The molecular weight excluding hydrogens is 376 g/mol. The Morgan fingerprint density at radius 1 is 1.11 bits per heavy atom. The van der Waals surface area contributed by atoms with Crippen LogP contribution < -0.4 is 0 Å². The summed E-state index contributed by atoms with van der Waals surface area (Å²) < 4.78 is 17.0. The van der Waals surface area contributed by atoms with Gasteiger partial charge in [0.15, 0.2) is 6.29 Å². The van der Waals surface area contributed by atoms with Crippen molar-refractivity contribution in [2.75, 3.05) is 6.61 Å². The van der Waals surface area contributed by atoms with E-state index in [2.05, 4.69) is 12.1 Å². The third kappa shape index (κ3) is 6.34. The molecule has 0 bridgehead atoms. The van der Waals surface area contributed by atoms with Crippen LogP contribution in [-0.4, -0.2) is 41.4 Å². The lowest BCUT2D eigenvalue weighted by Crippen LogP contribution is -2.49. The number of benzene rings is 2. The number of aliphatic hydroxyl groups excluding tert-OH is 1. The highest BCUT2D eigenvalue weighted by Crippen LogP contribution is 2.32. The molecule has 3 rings (SSSR count). The minimum atomic E-state index is -0.741. The van der Waals surface area contributed by atoms with Crippen molar-refractivity contribution in [1.82, 2.24) is 0 Å². The normalized spacial score (nSPS) is 24.6. The minimum Gasteiger partial charge on any atom is -0.463 e. The average molecular weight is 403 g/mol. The molecule has 4 atom stereocenters. The van der Waals surface area contributed by atoms with Gasteiger partial charge in [0.1, 0.15) is 18.8 Å². The summed E-state index contributed by atoms with van der Waals surface area (Å²) in [6.45, 7) is 1.89. The molecule has 150 valence electrons. The average Bonchev–Trinajstić information content (AvgIpc) is 2.72. The molecule has 0 aliphatic carbocycles. The van der Waals surface area contributed by atoms with Crippen LogP contribution in [0.1, 0.15) is 24.5 Å². The first kappa shape index (κ1) is 20.9. The van der Waals surface area contributed by atoms with Crippen LogP contribution in [0.2, 0.25) is 0 Å². The summed E-state index contributed by atoms with van der Waals surface area (Å²) in [4.78, 5) is 11.3. The molecule has 5 nitrogen and oxygen atoms in total. The molecule has 1 aliphatic heterocycles. The van der Waals surface area contributed by atoms with Gasteiger partial charge in [0.05, 0.1) is 6.61 Å². The fraction of sp³-hybridized carbons (Fsp3) is 0.409. The molecule has 6 heteroatoms. The van der Waals surface area contributed by atoms with Gasteiger partial charge in [-0.3, -0.25) is 4.79 Å². The van der Waals surface area contributed by atoms with E-state index in [9.17, 15) is 9.90 Å². The first-order valence-electron chi connectivity index (χ1n) is 9.40. The number of aliphatic hydroxyl groups is 1. The Bertz CT molecular complexity index is 724. The highest BCUT2D eigenvalue weighted by molar-refractivity contribution is 7.99. The van der Waals surface area contributed by atoms with Gasteiger partial charge >= 0.3 is 5.97 Å². The van der Waals surface area contributed by atoms with Gasteiger partial charge in [0, 0.05) is 17.9 Å². The van der Waals surface area contributed by atoms with Gasteiger partial charge in [-0.1, -0.05) is 60.7 Å². The Hall–Kier alpha value is -1.86. The van der Waals surface area contributed by atoms with Crippen LogP contribution >= 0.6 is 11.8 Å². The molecule has 1 fully saturated rings. The molecule has 0 unspecified atom stereocenters. The van der Waals surface area contributed by atoms with Gasteiger partial charge < -0.3 is 19.3 Å². The molecule has 2 aromatic rings. The molecule has 0 amide bonds. The second-order valence-corrected chi connectivity index (χ2v) is 8.01. The van der Waals surface area contributed by atoms with Crippen molar-refractivity contribution in [3.63, 3.8) is 0 Å². The third-order valence-corrected chi connectivity index (χ3v) is 5.95. The topological polar surface area (TPSA) is 65.0 Å². The molecule has 1 heterocycles. The quantitative estimate of drug-likeness (QED) is 0.682. The predicted molar refractivity (Wildman–Crippen MR) is 109 cm³/mol. The Kier molecular flexibility index (Phi) is 7.91. The van der Waals surface area contributed by atoms with E-state index < -0.39 is 12.4 Å². The molecular formula is C22H26O5S. The number of esters is 1. The zero-order valence-electron chi connectivity index (χ0n) is 15.9. The molecule has 0 radical (unpaired) electrons. The lowest BCUT2D eigenvalue weighted by Gasteiger charge is -2.38.